The van der Waals surface area contributed by atoms with E-state index < -0.39 is 0 Å². The van der Waals surface area contributed by atoms with Crippen molar-refractivity contribution in [3.63, 3.8) is 0 Å². The number of rotatable bonds is 1. The molecule has 0 unspecified atom stereocenters. The Morgan fingerprint density at radius 1 is 1.80 bits per heavy atom. The van der Waals surface area contributed by atoms with Crippen LogP contribution in [0.1, 0.15) is 0 Å². The van der Waals surface area contributed by atoms with Crippen LogP contribution in [0.5, 0.6) is 0 Å². The molecule has 0 atom stereocenters. The van der Waals surface area contributed by atoms with Gasteiger partial charge in [-0.1, -0.05) is 0 Å². The Morgan fingerprint density at radius 2 is 2.00 bits per heavy atom. The Morgan fingerprint density at radius 3 is 2.00 bits per heavy atom. The summed E-state index contributed by atoms with van der Waals surface area (Å²) in [6.07, 6.45) is 0.306. The van der Waals surface area contributed by atoms with E-state index in [-0.39, 0.29) is 19.5 Å². The molecule has 0 saturated carbocycles. The largest absolute Gasteiger partial charge is 2.00 e. The molecule has 0 aliphatic rings. The summed E-state index contributed by atoms with van der Waals surface area (Å²) in [5, 5.41) is 14.5. The maximum atomic E-state index is 7.33. The van der Waals surface area contributed by atoms with Crippen LogP contribution in [-0.4, -0.2) is 11.5 Å². The van der Waals surface area contributed by atoms with Crippen molar-refractivity contribution in [2.45, 2.75) is 0 Å². The van der Waals surface area contributed by atoms with Crippen molar-refractivity contribution in [3.05, 3.63) is 10.9 Å². The van der Waals surface area contributed by atoms with Gasteiger partial charge in [-0.25, -0.2) is 0 Å². The normalized spacial score (nSPS) is 4.20. The molecule has 0 heterocycles. The molecular formula is CH2N2OZn. The van der Waals surface area contributed by atoms with Gasteiger partial charge < -0.3 is 22.4 Å². The van der Waals surface area contributed by atoms with Crippen molar-refractivity contribution in [2.24, 2.45) is 0 Å². The van der Waals surface area contributed by atoms with Crippen LogP contribution in [0.2, 0.25) is 0 Å². The Labute approximate surface area is 42.6 Å². The van der Waals surface area contributed by atoms with Crippen molar-refractivity contribution in [1.29, 1.82) is 0 Å². The van der Waals surface area contributed by atoms with E-state index in [4.69, 9.17) is 10.6 Å². The van der Waals surface area contributed by atoms with Crippen LogP contribution in [-0.2, 0) is 19.5 Å². The smallest absolute Gasteiger partial charge is 0.830 e. The van der Waals surface area contributed by atoms with Crippen LogP contribution >= 0.6 is 0 Å². The summed E-state index contributed by atoms with van der Waals surface area (Å²) >= 11 is 0. The van der Waals surface area contributed by atoms with E-state index in [0.29, 0.717) is 6.34 Å². The van der Waals surface area contributed by atoms with Crippen molar-refractivity contribution in [3.8, 4) is 0 Å². The maximum Gasteiger partial charge on any atom is 2.00 e. The zero-order valence-corrected chi connectivity index (χ0v) is 5.59. The molecule has 24 valence electrons. The molecule has 3 nitrogen and oxygen atoms in total. The van der Waals surface area contributed by atoms with Gasteiger partial charge in [-0.15, -0.1) is 0 Å². The summed E-state index contributed by atoms with van der Waals surface area (Å²) in [6, 6.07) is 0. The zero-order valence-electron chi connectivity index (χ0n) is 2.63. The van der Waals surface area contributed by atoms with Gasteiger partial charge in [0, 0.05) is 0 Å². The first-order valence-electron chi connectivity index (χ1n) is 0.716. The minimum atomic E-state index is 0. The van der Waals surface area contributed by atoms with Crippen molar-refractivity contribution in [1.82, 2.24) is 0 Å². The fourth-order valence-electron chi connectivity index (χ4n) is 0. The molecule has 4 heteroatoms. The van der Waals surface area contributed by atoms with Gasteiger partial charge in [-0.2, -0.15) is 0 Å². The first-order valence-corrected chi connectivity index (χ1v) is 0.716. The fourth-order valence-corrected chi connectivity index (χ4v) is 0. The van der Waals surface area contributed by atoms with E-state index in [1.807, 2.05) is 0 Å². The second-order valence-electron chi connectivity index (χ2n) is 0.231. The minimum absolute atomic E-state index is 0. The van der Waals surface area contributed by atoms with Crippen LogP contribution in [0.15, 0.2) is 0 Å². The molecule has 0 bridgehead atoms. The Kier molecular flexibility index (Phi) is 16.0. The second kappa shape index (κ2) is 8.96. The quantitative estimate of drug-likeness (QED) is 0.232. The topological polar surface area (TPSA) is 56.6 Å². The van der Waals surface area contributed by atoms with Crippen LogP contribution in [0.25, 0.3) is 10.9 Å². The van der Waals surface area contributed by atoms with Crippen LogP contribution < -0.4 is 0 Å². The van der Waals surface area contributed by atoms with Gasteiger partial charge in [-0.3, -0.25) is 0 Å². The zero-order chi connectivity index (χ0) is 3.41. The number of nitrogens with zero attached hydrogens (tertiary/aromatic N) is 2. The third kappa shape index (κ3) is 15.4. The predicted molar refractivity (Wildman–Crippen MR) is 14.6 cm³/mol. The molecule has 0 saturated heterocycles. The summed E-state index contributed by atoms with van der Waals surface area (Å²) in [6.45, 7) is 0. The molecule has 0 fully saturated rings. The maximum absolute atomic E-state index is 7.33. The minimum Gasteiger partial charge on any atom is -0.830 e. The molecule has 0 amide bonds. The van der Waals surface area contributed by atoms with Crippen LogP contribution in [0.3, 0.4) is 0 Å². The van der Waals surface area contributed by atoms with Gasteiger partial charge >= 0.3 is 19.5 Å². The first kappa shape index (κ1) is 8.91. The average molecular weight is 123 g/mol. The van der Waals surface area contributed by atoms with Gasteiger partial charge in [0.1, 0.15) is 0 Å². The van der Waals surface area contributed by atoms with E-state index >= 15 is 0 Å². The van der Waals surface area contributed by atoms with Gasteiger partial charge in [0.25, 0.3) is 0 Å². The summed E-state index contributed by atoms with van der Waals surface area (Å²) in [5.74, 6) is 0. The van der Waals surface area contributed by atoms with E-state index in [2.05, 4.69) is 5.48 Å². The third-order valence-electron chi connectivity index (χ3n) is 0.0516. The van der Waals surface area contributed by atoms with Crippen molar-refractivity contribution < 1.29 is 24.7 Å². The Hall–Kier alpha value is 0.0534. The van der Waals surface area contributed by atoms with Crippen molar-refractivity contribution >= 4 is 6.34 Å². The standard InChI is InChI=1S/CH2N2O.Zn/c2-1-3-4;/h1H,(H-2,2,3,4);/q-2;+2. The molecule has 0 spiro atoms. The monoisotopic (exact) mass is 122 g/mol. The van der Waals surface area contributed by atoms with Gasteiger partial charge in [-0.05, 0) is 0 Å². The van der Waals surface area contributed by atoms with E-state index in [0.717, 1.165) is 0 Å². The molecule has 0 rings (SSSR count). The average Bonchev–Trinajstić information content (AvgIpc) is 1.37. The SMILES string of the molecule is [N-]=C[N-]O.[Zn+2]. The molecule has 0 radical (unpaired) electrons. The van der Waals surface area contributed by atoms with E-state index in [9.17, 15) is 0 Å². The summed E-state index contributed by atoms with van der Waals surface area (Å²) in [4.78, 5) is 0. The third-order valence-corrected chi connectivity index (χ3v) is 0.0516. The van der Waals surface area contributed by atoms with E-state index in [1.165, 1.54) is 0 Å². The van der Waals surface area contributed by atoms with Gasteiger partial charge in [0.05, 0.1) is 0 Å². The number of hydrogen-bond acceptors (Lipinski definition) is 1. The molecular weight excluding hydrogens is 121 g/mol. The number of hydrogen-bond donors (Lipinski definition) is 1. The van der Waals surface area contributed by atoms with Gasteiger partial charge in [0.15, 0.2) is 0 Å². The molecule has 0 aromatic rings. The second-order valence-corrected chi connectivity index (χ2v) is 0.231. The first-order chi connectivity index (χ1) is 1.91. The predicted octanol–water partition coefficient (Wildman–Crippen LogP) is 0.345. The summed E-state index contributed by atoms with van der Waals surface area (Å²) in [7, 11) is 0. The van der Waals surface area contributed by atoms with Crippen LogP contribution in [0.4, 0.5) is 0 Å². The van der Waals surface area contributed by atoms with E-state index in [1.54, 1.807) is 0 Å². The van der Waals surface area contributed by atoms with Gasteiger partial charge in [0.2, 0.25) is 0 Å². The Balaban J connectivity index is 0. The Bertz CT molecular complexity index is 23.6. The fraction of sp³-hybridized carbons (Fsp3) is 0. The number of hydroxylamine groups is 1. The molecule has 0 aromatic carbocycles. The molecule has 1 N–H and O–H groups in total. The van der Waals surface area contributed by atoms with Crippen molar-refractivity contribution in [2.75, 3.05) is 0 Å². The molecule has 0 aliphatic carbocycles. The molecule has 0 aliphatic heterocycles. The molecule has 5 heavy (non-hydrogen) atoms. The molecule has 0 aromatic heterocycles. The van der Waals surface area contributed by atoms with Crippen LogP contribution in [0, 0.1) is 0 Å². The summed E-state index contributed by atoms with van der Waals surface area (Å²) < 4.78 is 0. The summed E-state index contributed by atoms with van der Waals surface area (Å²) in [5.41, 5.74) is 2.17.